The molecule has 82 valence electrons. The van der Waals surface area contributed by atoms with E-state index in [9.17, 15) is 9.90 Å². The van der Waals surface area contributed by atoms with E-state index in [1.54, 1.807) is 6.07 Å². The smallest absolute Gasteiger partial charge is 0.305 e. The molecule has 1 atom stereocenters. The molecule has 0 aliphatic heterocycles. The average molecular weight is 274 g/mol. The Balaban J connectivity index is 3.03. The molecule has 0 heterocycles. The molecular weight excluding hydrogens is 262 g/mol. The molecule has 0 saturated heterocycles. The number of halogens is 1. The maximum Gasteiger partial charge on any atom is 0.305 e. The van der Waals surface area contributed by atoms with E-state index in [4.69, 9.17) is 10.8 Å². The van der Waals surface area contributed by atoms with Crippen molar-refractivity contribution in [3.05, 3.63) is 27.7 Å². The van der Waals surface area contributed by atoms with Crippen LogP contribution >= 0.6 is 15.9 Å². The van der Waals surface area contributed by atoms with Crippen molar-refractivity contribution < 1.29 is 15.0 Å². The van der Waals surface area contributed by atoms with Gasteiger partial charge in [-0.15, -0.1) is 0 Å². The summed E-state index contributed by atoms with van der Waals surface area (Å²) in [5.74, 6) is -0.888. The van der Waals surface area contributed by atoms with Crippen molar-refractivity contribution in [3.8, 4) is 5.75 Å². The number of nitrogens with two attached hydrogens (primary N) is 1. The molecule has 0 amide bonds. The monoisotopic (exact) mass is 273 g/mol. The van der Waals surface area contributed by atoms with Crippen LogP contribution in [0.4, 0.5) is 0 Å². The summed E-state index contributed by atoms with van der Waals surface area (Å²) in [6, 6.07) is 2.61. The Hall–Kier alpha value is -1.07. The third-order valence-corrected chi connectivity index (χ3v) is 2.76. The predicted molar refractivity (Wildman–Crippen MR) is 59.7 cm³/mol. The van der Waals surface area contributed by atoms with E-state index in [-0.39, 0.29) is 12.2 Å². The minimum Gasteiger partial charge on any atom is -0.507 e. The summed E-state index contributed by atoms with van der Waals surface area (Å²) in [6.45, 7) is 1.82. The van der Waals surface area contributed by atoms with Gasteiger partial charge in [0, 0.05) is 6.04 Å². The largest absolute Gasteiger partial charge is 0.507 e. The first-order chi connectivity index (χ1) is 6.91. The van der Waals surface area contributed by atoms with Gasteiger partial charge in [-0.3, -0.25) is 4.79 Å². The van der Waals surface area contributed by atoms with E-state index in [2.05, 4.69) is 15.9 Å². The number of hydrogen-bond acceptors (Lipinski definition) is 3. The lowest BCUT2D eigenvalue weighted by atomic mass is 9.99. The van der Waals surface area contributed by atoms with Gasteiger partial charge in [-0.25, -0.2) is 0 Å². The van der Waals surface area contributed by atoms with Crippen molar-refractivity contribution in [1.82, 2.24) is 0 Å². The zero-order valence-electron chi connectivity index (χ0n) is 8.20. The topological polar surface area (TPSA) is 83.5 Å². The molecule has 5 heteroatoms. The molecule has 15 heavy (non-hydrogen) atoms. The van der Waals surface area contributed by atoms with Gasteiger partial charge in [0.25, 0.3) is 0 Å². The average Bonchev–Trinajstić information content (AvgIpc) is 2.09. The Kier molecular flexibility index (Phi) is 3.71. The second kappa shape index (κ2) is 4.63. The third kappa shape index (κ3) is 2.94. The molecule has 0 aliphatic rings. The summed E-state index contributed by atoms with van der Waals surface area (Å²) >= 11 is 3.17. The van der Waals surface area contributed by atoms with E-state index in [1.165, 1.54) is 6.07 Å². The van der Waals surface area contributed by atoms with Crippen LogP contribution in [0.2, 0.25) is 0 Å². The van der Waals surface area contributed by atoms with Gasteiger partial charge in [0.15, 0.2) is 0 Å². The van der Waals surface area contributed by atoms with E-state index in [0.29, 0.717) is 10.0 Å². The molecule has 0 aliphatic carbocycles. The number of phenols is 1. The Morgan fingerprint density at radius 2 is 2.20 bits per heavy atom. The van der Waals surface area contributed by atoms with E-state index >= 15 is 0 Å². The minimum absolute atomic E-state index is 0.0661. The van der Waals surface area contributed by atoms with Crippen molar-refractivity contribution in [1.29, 1.82) is 0 Å². The van der Waals surface area contributed by atoms with Crippen LogP contribution in [0.1, 0.15) is 23.6 Å². The standard InChI is InChI=1S/C10H12BrNO3/c1-5-2-7(11)9(13)3-6(5)8(12)4-10(14)15/h2-3,8,13H,4,12H2,1H3,(H,14,15). The van der Waals surface area contributed by atoms with Crippen LogP contribution in [0, 0.1) is 6.92 Å². The Labute approximate surface area is 95.8 Å². The molecule has 1 rings (SSSR count). The second-order valence-corrected chi connectivity index (χ2v) is 4.22. The number of aryl methyl sites for hydroxylation is 1. The molecule has 0 aromatic heterocycles. The molecule has 0 spiro atoms. The number of phenolic OH excluding ortho intramolecular Hbond substituents is 1. The maximum atomic E-state index is 10.5. The fourth-order valence-corrected chi connectivity index (χ4v) is 1.83. The minimum atomic E-state index is -0.954. The number of carboxylic acid groups (broad SMARTS) is 1. The number of rotatable bonds is 3. The van der Waals surface area contributed by atoms with Gasteiger partial charge in [-0.05, 0) is 46.1 Å². The first-order valence-corrected chi connectivity index (χ1v) is 5.17. The van der Waals surface area contributed by atoms with Crippen molar-refractivity contribution in [2.45, 2.75) is 19.4 Å². The van der Waals surface area contributed by atoms with Gasteiger partial charge >= 0.3 is 5.97 Å². The Morgan fingerprint density at radius 3 is 2.73 bits per heavy atom. The maximum absolute atomic E-state index is 10.5. The molecule has 4 nitrogen and oxygen atoms in total. The summed E-state index contributed by atoms with van der Waals surface area (Å²) < 4.78 is 0.575. The number of aliphatic carboxylic acids is 1. The number of aromatic hydroxyl groups is 1. The molecule has 1 aromatic carbocycles. The molecule has 0 saturated carbocycles. The summed E-state index contributed by atoms with van der Waals surface area (Å²) in [5.41, 5.74) is 7.21. The second-order valence-electron chi connectivity index (χ2n) is 3.36. The van der Waals surface area contributed by atoms with Gasteiger partial charge in [-0.2, -0.15) is 0 Å². The van der Waals surface area contributed by atoms with Gasteiger partial charge < -0.3 is 15.9 Å². The molecule has 0 bridgehead atoms. The predicted octanol–water partition coefficient (Wildman–Crippen LogP) is 1.94. The van der Waals surface area contributed by atoms with E-state index in [1.807, 2.05) is 6.92 Å². The van der Waals surface area contributed by atoms with Crippen molar-refractivity contribution in [3.63, 3.8) is 0 Å². The van der Waals surface area contributed by atoms with Crippen LogP contribution in [0.5, 0.6) is 5.75 Å². The van der Waals surface area contributed by atoms with E-state index in [0.717, 1.165) is 5.56 Å². The normalized spacial score (nSPS) is 12.5. The van der Waals surface area contributed by atoms with Gasteiger partial charge in [0.2, 0.25) is 0 Å². The highest BCUT2D eigenvalue weighted by Crippen LogP contribution is 2.30. The van der Waals surface area contributed by atoms with Gasteiger partial charge in [-0.1, -0.05) is 0 Å². The summed E-state index contributed by atoms with van der Waals surface area (Å²) in [6.07, 6.45) is -0.151. The lowest BCUT2D eigenvalue weighted by Crippen LogP contribution is -2.16. The lowest BCUT2D eigenvalue weighted by Gasteiger charge is -2.13. The van der Waals surface area contributed by atoms with Crippen LogP contribution in [0.3, 0.4) is 0 Å². The number of carbonyl (C=O) groups is 1. The van der Waals surface area contributed by atoms with Gasteiger partial charge in [0.1, 0.15) is 5.75 Å². The van der Waals surface area contributed by atoms with E-state index < -0.39 is 12.0 Å². The molecule has 1 unspecified atom stereocenters. The van der Waals surface area contributed by atoms with Crippen LogP contribution in [0.15, 0.2) is 16.6 Å². The SMILES string of the molecule is Cc1cc(Br)c(O)cc1C(N)CC(=O)O. The number of hydrogen-bond donors (Lipinski definition) is 3. The van der Waals surface area contributed by atoms with Crippen LogP contribution < -0.4 is 5.73 Å². The summed E-state index contributed by atoms with van der Waals surface area (Å²) in [4.78, 5) is 10.5. The highest BCUT2D eigenvalue weighted by molar-refractivity contribution is 9.10. The molecule has 1 aromatic rings. The van der Waals surface area contributed by atoms with Crippen LogP contribution in [-0.4, -0.2) is 16.2 Å². The lowest BCUT2D eigenvalue weighted by molar-refractivity contribution is -0.137. The first kappa shape index (κ1) is 12.0. The fourth-order valence-electron chi connectivity index (χ4n) is 1.37. The summed E-state index contributed by atoms with van der Waals surface area (Å²) in [7, 11) is 0. The van der Waals surface area contributed by atoms with Gasteiger partial charge in [0.05, 0.1) is 10.9 Å². The summed E-state index contributed by atoms with van der Waals surface area (Å²) in [5, 5.41) is 18.1. The Bertz CT molecular complexity index is 392. The van der Waals surface area contributed by atoms with Crippen molar-refractivity contribution in [2.24, 2.45) is 5.73 Å². The number of carboxylic acids is 1. The van der Waals surface area contributed by atoms with Crippen LogP contribution in [-0.2, 0) is 4.79 Å². The van der Waals surface area contributed by atoms with Crippen LogP contribution in [0.25, 0.3) is 0 Å². The molecule has 0 radical (unpaired) electrons. The highest BCUT2D eigenvalue weighted by Gasteiger charge is 2.14. The van der Waals surface area contributed by atoms with Crippen molar-refractivity contribution >= 4 is 21.9 Å². The Morgan fingerprint density at radius 1 is 1.60 bits per heavy atom. The first-order valence-electron chi connectivity index (χ1n) is 4.38. The highest BCUT2D eigenvalue weighted by atomic mass is 79.9. The zero-order valence-corrected chi connectivity index (χ0v) is 9.78. The third-order valence-electron chi connectivity index (χ3n) is 2.13. The number of benzene rings is 1. The molecule has 4 N–H and O–H groups in total. The fraction of sp³-hybridized carbons (Fsp3) is 0.300. The molecule has 0 fully saturated rings. The zero-order chi connectivity index (χ0) is 11.6. The molecular formula is C10H12BrNO3. The van der Waals surface area contributed by atoms with Crippen molar-refractivity contribution in [2.75, 3.05) is 0 Å². The quantitative estimate of drug-likeness (QED) is 0.786.